The maximum Gasteiger partial charge on any atom is 0.314 e. The van der Waals surface area contributed by atoms with Gasteiger partial charge in [-0.2, -0.15) is 0 Å². The van der Waals surface area contributed by atoms with Gasteiger partial charge in [0.15, 0.2) is 0 Å². The van der Waals surface area contributed by atoms with Crippen LogP contribution in [-0.2, 0) is 19.1 Å². The first-order valence-corrected chi connectivity index (χ1v) is 4.67. The van der Waals surface area contributed by atoms with Crippen LogP contribution in [0.2, 0.25) is 0 Å². The van der Waals surface area contributed by atoms with Gasteiger partial charge < -0.3 is 19.7 Å². The zero-order chi connectivity index (χ0) is 11.3. The number of ether oxygens (including phenoxy) is 2. The summed E-state index contributed by atoms with van der Waals surface area (Å²) in [6.07, 6.45) is 0.298. The quantitative estimate of drug-likeness (QED) is 0.500. The molecule has 1 heterocycles. The van der Waals surface area contributed by atoms with Crippen LogP contribution in [0.4, 0.5) is 0 Å². The van der Waals surface area contributed by atoms with Crippen molar-refractivity contribution in [2.75, 3.05) is 26.4 Å². The Hall–Kier alpha value is 1.61. The zero-order valence-corrected chi connectivity index (χ0v) is 15.6. The largest absolute Gasteiger partial charge is 0.481 e. The average Bonchev–Trinajstić information content (AvgIpc) is 2.62. The Morgan fingerprint density at radius 3 is 2.35 bits per heavy atom. The molecule has 0 amide bonds. The third-order valence-electron chi connectivity index (χ3n) is 2.40. The van der Waals surface area contributed by atoms with E-state index in [-0.39, 0.29) is 110 Å². The van der Waals surface area contributed by atoms with E-state index >= 15 is 0 Å². The monoisotopic (exact) mass is 498 g/mol. The molecule has 8 heteroatoms. The van der Waals surface area contributed by atoms with E-state index in [9.17, 15) is 9.59 Å². The maximum absolute atomic E-state index is 11.0. The van der Waals surface area contributed by atoms with Crippen molar-refractivity contribution in [1.29, 1.82) is 0 Å². The minimum atomic E-state index is -0.988. The first-order chi connectivity index (χ1) is 7.07. The van der Waals surface area contributed by atoms with Crippen molar-refractivity contribution in [3.8, 4) is 0 Å². The van der Waals surface area contributed by atoms with Gasteiger partial charge in [0.1, 0.15) is 5.41 Å². The van der Waals surface area contributed by atoms with Gasteiger partial charge in [0, 0.05) is 90.1 Å². The molecule has 1 aliphatic heterocycles. The Morgan fingerprint density at radius 1 is 1.29 bits per heavy atom. The minimum absolute atomic E-state index is 0. The predicted molar refractivity (Wildman–Crippen MR) is 48.6 cm³/mol. The Balaban J connectivity index is 0. The van der Waals surface area contributed by atoms with E-state index in [1.807, 2.05) is 0 Å². The summed E-state index contributed by atoms with van der Waals surface area (Å²) in [6, 6.07) is 0. The van der Waals surface area contributed by atoms with Crippen LogP contribution >= 0.6 is 0 Å². The van der Waals surface area contributed by atoms with E-state index in [2.05, 4.69) is 0 Å². The van der Waals surface area contributed by atoms with Crippen molar-refractivity contribution in [3.05, 3.63) is 0 Å². The van der Waals surface area contributed by atoms with Gasteiger partial charge in [-0.15, -0.1) is 0 Å². The summed E-state index contributed by atoms with van der Waals surface area (Å²) in [5.41, 5.74) is -0.988. The van der Waals surface area contributed by atoms with Crippen LogP contribution in [0.1, 0.15) is 12.8 Å². The summed E-state index contributed by atoms with van der Waals surface area (Å²) in [7, 11) is 0. The molecule has 1 unspecified atom stereocenters. The Morgan fingerprint density at radius 2 is 1.94 bits per heavy atom. The number of aliphatic carboxylic acids is 2. The molecule has 0 saturated carbocycles. The van der Waals surface area contributed by atoms with Crippen molar-refractivity contribution in [2.45, 2.75) is 12.8 Å². The third-order valence-corrected chi connectivity index (χ3v) is 2.40. The molecular formula is C9H14Ce2O6. The number of hydrogen-bond acceptors (Lipinski definition) is 4. The standard InChI is InChI=1S/C9H14O6.2Ce/c10-7(11)1-3-14-5-9(8(12)13)2-4-15-6-9;;/h1-6H2,(H,10,11)(H,12,13);;. The van der Waals surface area contributed by atoms with Crippen LogP contribution in [0.15, 0.2) is 0 Å². The second-order valence-corrected chi connectivity index (χ2v) is 3.58. The van der Waals surface area contributed by atoms with Crippen molar-refractivity contribution >= 4 is 11.9 Å². The van der Waals surface area contributed by atoms with E-state index in [1.54, 1.807) is 0 Å². The first-order valence-electron chi connectivity index (χ1n) is 4.67. The number of hydrogen-bond donors (Lipinski definition) is 2. The molecule has 0 aromatic carbocycles. The smallest absolute Gasteiger partial charge is 0.314 e. The number of carboxylic acids is 2. The van der Waals surface area contributed by atoms with E-state index in [1.165, 1.54) is 0 Å². The second-order valence-electron chi connectivity index (χ2n) is 3.58. The summed E-state index contributed by atoms with van der Waals surface area (Å²) in [4.78, 5) is 21.2. The number of carbonyl (C=O) groups is 2. The summed E-state index contributed by atoms with van der Waals surface area (Å²) in [6.45, 7) is 0.587. The molecule has 2 N–H and O–H groups in total. The molecule has 0 bridgehead atoms. The van der Waals surface area contributed by atoms with Crippen molar-refractivity contribution in [2.24, 2.45) is 5.41 Å². The maximum atomic E-state index is 11.0. The van der Waals surface area contributed by atoms with Gasteiger partial charge in [-0.05, 0) is 6.42 Å². The summed E-state index contributed by atoms with van der Waals surface area (Å²) >= 11 is 0. The molecule has 1 aliphatic rings. The molecule has 1 fully saturated rings. The molecule has 0 aromatic rings. The van der Waals surface area contributed by atoms with E-state index in [4.69, 9.17) is 19.7 Å². The normalized spacial score (nSPS) is 22.4. The molecule has 0 aromatic heterocycles. The molecule has 1 saturated heterocycles. The predicted octanol–water partition coefficient (Wildman–Crippen LogP) is -0.0310. The third kappa shape index (κ3) is 7.09. The topological polar surface area (TPSA) is 93.1 Å². The van der Waals surface area contributed by atoms with Crippen LogP contribution < -0.4 is 0 Å². The molecule has 1 atom stereocenters. The van der Waals surface area contributed by atoms with E-state index < -0.39 is 17.4 Å². The fourth-order valence-corrected chi connectivity index (χ4v) is 1.38. The molecule has 6 nitrogen and oxygen atoms in total. The van der Waals surface area contributed by atoms with Gasteiger partial charge in [-0.3, -0.25) is 9.59 Å². The molecule has 17 heavy (non-hydrogen) atoms. The zero-order valence-electron chi connectivity index (χ0n) is 9.27. The van der Waals surface area contributed by atoms with E-state index in [0.29, 0.717) is 13.0 Å². The van der Waals surface area contributed by atoms with Crippen LogP contribution in [0.3, 0.4) is 0 Å². The van der Waals surface area contributed by atoms with Gasteiger partial charge in [-0.25, -0.2) is 0 Å². The van der Waals surface area contributed by atoms with Crippen LogP contribution in [0.5, 0.6) is 0 Å². The summed E-state index contributed by atoms with van der Waals surface area (Å²) in [5.74, 6) is -1.91. The second kappa shape index (κ2) is 10.4. The molecule has 0 spiro atoms. The van der Waals surface area contributed by atoms with Gasteiger partial charge in [0.25, 0.3) is 0 Å². The molecule has 94 valence electrons. The number of rotatable bonds is 6. The fraction of sp³-hybridized carbons (Fsp3) is 0.778. The molecule has 0 radical (unpaired) electrons. The van der Waals surface area contributed by atoms with Gasteiger partial charge >= 0.3 is 11.9 Å². The average molecular weight is 498 g/mol. The Labute approximate surface area is 167 Å². The van der Waals surface area contributed by atoms with Crippen molar-refractivity contribution in [3.63, 3.8) is 0 Å². The van der Waals surface area contributed by atoms with Gasteiger partial charge in [0.05, 0.1) is 26.2 Å². The van der Waals surface area contributed by atoms with Crippen LogP contribution in [0, 0.1) is 88.9 Å². The van der Waals surface area contributed by atoms with E-state index in [0.717, 1.165) is 0 Å². The summed E-state index contributed by atoms with van der Waals surface area (Å²) < 4.78 is 10.1. The molecular weight excluding hydrogens is 484 g/mol. The van der Waals surface area contributed by atoms with Gasteiger partial charge in [0.2, 0.25) is 0 Å². The molecule has 1 rings (SSSR count). The van der Waals surface area contributed by atoms with Crippen molar-refractivity contribution < 1.29 is 113 Å². The fourth-order valence-electron chi connectivity index (χ4n) is 1.38. The van der Waals surface area contributed by atoms with Crippen LogP contribution in [-0.4, -0.2) is 48.6 Å². The van der Waals surface area contributed by atoms with Crippen molar-refractivity contribution in [1.82, 2.24) is 0 Å². The SMILES string of the molecule is O=C(O)CCOCC1(C(=O)O)CCOC1.[Ce].[Ce]. The Bertz CT molecular complexity index is 252. The molecule has 0 aliphatic carbocycles. The minimum Gasteiger partial charge on any atom is -0.481 e. The first kappa shape index (κ1) is 20.9. The van der Waals surface area contributed by atoms with Crippen LogP contribution in [0.25, 0.3) is 0 Å². The van der Waals surface area contributed by atoms with Gasteiger partial charge in [-0.1, -0.05) is 0 Å². The summed E-state index contributed by atoms with van der Waals surface area (Å²) in [5, 5.41) is 17.4. The Kier molecular flexibility index (Phi) is 12.8. The number of carboxylic acid groups (broad SMARTS) is 2.